The summed E-state index contributed by atoms with van der Waals surface area (Å²) < 4.78 is 17.1. The van der Waals surface area contributed by atoms with E-state index in [1.165, 1.54) is 0 Å². The molecule has 1 aliphatic rings. The Labute approximate surface area is 94.4 Å². The minimum atomic E-state index is -1.98. The molecular formula is C11H24O3Si. The predicted molar refractivity (Wildman–Crippen MR) is 63.3 cm³/mol. The van der Waals surface area contributed by atoms with E-state index in [2.05, 4.69) is 13.5 Å². The topological polar surface area (TPSA) is 31.0 Å². The Morgan fingerprint density at radius 1 is 1.27 bits per heavy atom. The molecule has 0 aromatic carbocycles. The summed E-state index contributed by atoms with van der Waals surface area (Å²) in [4.78, 5) is 0. The predicted octanol–water partition coefficient (Wildman–Crippen LogP) is 2.70. The van der Waals surface area contributed by atoms with Gasteiger partial charge >= 0.3 is 8.56 Å². The van der Waals surface area contributed by atoms with Crippen LogP contribution in [0.15, 0.2) is 0 Å². The Hall–Kier alpha value is 0.0969. The minimum absolute atomic E-state index is 0.475. The van der Waals surface area contributed by atoms with E-state index in [0.717, 1.165) is 32.7 Å². The van der Waals surface area contributed by atoms with Crippen LogP contribution in [-0.2, 0) is 13.6 Å². The van der Waals surface area contributed by atoms with E-state index >= 15 is 0 Å². The van der Waals surface area contributed by atoms with Crippen molar-refractivity contribution in [2.75, 3.05) is 19.8 Å². The Kier molecular flexibility index (Phi) is 5.25. The lowest BCUT2D eigenvalue weighted by Gasteiger charge is -2.33. The van der Waals surface area contributed by atoms with Gasteiger partial charge in [-0.15, -0.1) is 0 Å². The fourth-order valence-corrected chi connectivity index (χ4v) is 5.26. The number of ether oxygens (including phenoxy) is 1. The quantitative estimate of drug-likeness (QED) is 0.476. The number of epoxide rings is 1. The van der Waals surface area contributed by atoms with Gasteiger partial charge in [-0.1, -0.05) is 13.3 Å². The molecule has 15 heavy (non-hydrogen) atoms. The SMILES string of the molecule is CCO[Si](C)(OCC)C(CC)CC1CO1. The first-order valence-electron chi connectivity index (χ1n) is 6.05. The Morgan fingerprint density at radius 2 is 1.80 bits per heavy atom. The molecule has 1 heterocycles. The van der Waals surface area contributed by atoms with Crippen LogP contribution < -0.4 is 0 Å². The van der Waals surface area contributed by atoms with Crippen LogP contribution in [0.5, 0.6) is 0 Å². The first kappa shape index (κ1) is 13.2. The van der Waals surface area contributed by atoms with Crippen molar-refractivity contribution in [3.63, 3.8) is 0 Å². The van der Waals surface area contributed by atoms with Crippen molar-refractivity contribution in [3.8, 4) is 0 Å². The number of hydrogen-bond donors (Lipinski definition) is 0. The third kappa shape index (κ3) is 3.87. The van der Waals surface area contributed by atoms with Gasteiger partial charge in [0.05, 0.1) is 12.7 Å². The highest BCUT2D eigenvalue weighted by Gasteiger charge is 2.42. The molecule has 2 atom stereocenters. The van der Waals surface area contributed by atoms with Gasteiger partial charge in [0.25, 0.3) is 0 Å². The van der Waals surface area contributed by atoms with Crippen molar-refractivity contribution >= 4 is 8.56 Å². The van der Waals surface area contributed by atoms with Gasteiger partial charge in [0.1, 0.15) is 0 Å². The highest BCUT2D eigenvalue weighted by Crippen LogP contribution is 2.35. The smallest absolute Gasteiger partial charge is 0.338 e. The summed E-state index contributed by atoms with van der Waals surface area (Å²) in [5, 5.41) is 0. The van der Waals surface area contributed by atoms with E-state index in [-0.39, 0.29) is 0 Å². The van der Waals surface area contributed by atoms with Gasteiger partial charge in [-0.05, 0) is 26.8 Å². The van der Waals surface area contributed by atoms with Crippen molar-refractivity contribution in [1.29, 1.82) is 0 Å². The monoisotopic (exact) mass is 232 g/mol. The van der Waals surface area contributed by atoms with Gasteiger partial charge in [-0.3, -0.25) is 0 Å². The highest BCUT2D eigenvalue weighted by molar-refractivity contribution is 6.67. The maximum Gasteiger partial charge on any atom is 0.338 e. The van der Waals surface area contributed by atoms with Crippen LogP contribution in [0.1, 0.15) is 33.6 Å². The molecule has 1 rings (SSSR count). The average Bonchev–Trinajstić information content (AvgIpc) is 2.98. The molecule has 0 aromatic rings. The first-order valence-corrected chi connectivity index (χ1v) is 8.45. The third-order valence-corrected chi connectivity index (χ3v) is 6.90. The molecule has 2 unspecified atom stereocenters. The van der Waals surface area contributed by atoms with Gasteiger partial charge in [0.2, 0.25) is 0 Å². The summed E-state index contributed by atoms with van der Waals surface area (Å²) in [6.45, 7) is 10.9. The molecule has 4 heteroatoms. The first-order chi connectivity index (χ1) is 7.16. The van der Waals surface area contributed by atoms with Crippen molar-refractivity contribution < 1.29 is 13.6 Å². The number of hydrogen-bond acceptors (Lipinski definition) is 3. The Bertz CT molecular complexity index is 177. The van der Waals surface area contributed by atoms with E-state index in [1.54, 1.807) is 0 Å². The van der Waals surface area contributed by atoms with Crippen LogP contribution in [0.4, 0.5) is 0 Å². The highest BCUT2D eigenvalue weighted by atomic mass is 28.4. The molecule has 90 valence electrons. The molecular weight excluding hydrogens is 208 g/mol. The van der Waals surface area contributed by atoms with Gasteiger partial charge in [0, 0.05) is 18.8 Å². The molecule has 0 aliphatic carbocycles. The summed E-state index contributed by atoms with van der Waals surface area (Å²) in [7, 11) is -1.98. The van der Waals surface area contributed by atoms with Gasteiger partial charge in [-0.25, -0.2) is 0 Å². The third-order valence-electron chi connectivity index (χ3n) is 3.05. The van der Waals surface area contributed by atoms with Crippen molar-refractivity contribution in [2.24, 2.45) is 0 Å². The van der Waals surface area contributed by atoms with Gasteiger partial charge in [0.15, 0.2) is 0 Å². The second-order valence-corrected chi connectivity index (χ2v) is 7.60. The Morgan fingerprint density at radius 3 is 2.13 bits per heavy atom. The standard InChI is InChI=1S/C11H24O3Si/c1-5-11(8-10-9-12-10)15(4,13-6-2)14-7-3/h10-11H,5-9H2,1-4H3. The van der Waals surface area contributed by atoms with E-state index in [0.29, 0.717) is 11.6 Å². The van der Waals surface area contributed by atoms with Crippen LogP contribution in [0.2, 0.25) is 12.1 Å². The molecule has 0 bridgehead atoms. The molecule has 3 nitrogen and oxygen atoms in total. The van der Waals surface area contributed by atoms with Crippen LogP contribution in [0, 0.1) is 0 Å². The lowest BCUT2D eigenvalue weighted by molar-refractivity contribution is 0.173. The molecule has 0 radical (unpaired) electrons. The van der Waals surface area contributed by atoms with Crippen LogP contribution in [0.3, 0.4) is 0 Å². The summed E-state index contributed by atoms with van der Waals surface area (Å²) in [5.74, 6) is 0. The van der Waals surface area contributed by atoms with Crippen molar-refractivity contribution in [1.82, 2.24) is 0 Å². The lowest BCUT2D eigenvalue weighted by Crippen LogP contribution is -2.44. The normalized spacial score (nSPS) is 22.8. The molecule has 0 N–H and O–H groups in total. The average molecular weight is 232 g/mol. The van der Waals surface area contributed by atoms with Crippen LogP contribution in [-0.4, -0.2) is 34.5 Å². The Balaban J connectivity index is 2.55. The zero-order valence-corrected chi connectivity index (χ0v) is 11.4. The second-order valence-electron chi connectivity index (χ2n) is 4.18. The molecule has 0 saturated carbocycles. The fraction of sp³-hybridized carbons (Fsp3) is 1.00. The fourth-order valence-electron chi connectivity index (χ4n) is 2.12. The largest absolute Gasteiger partial charge is 0.394 e. The molecule has 0 aromatic heterocycles. The van der Waals surface area contributed by atoms with Crippen molar-refractivity contribution in [2.45, 2.75) is 51.8 Å². The van der Waals surface area contributed by atoms with E-state index in [1.807, 2.05) is 13.8 Å². The molecule has 1 aliphatic heterocycles. The van der Waals surface area contributed by atoms with Crippen LogP contribution in [0.25, 0.3) is 0 Å². The van der Waals surface area contributed by atoms with Gasteiger partial charge in [-0.2, -0.15) is 0 Å². The zero-order chi connectivity index (χ0) is 11.3. The summed E-state index contributed by atoms with van der Waals surface area (Å²) in [5.41, 5.74) is 0.560. The molecule has 0 amide bonds. The van der Waals surface area contributed by atoms with Crippen molar-refractivity contribution in [3.05, 3.63) is 0 Å². The maximum absolute atomic E-state index is 5.91. The molecule has 1 fully saturated rings. The second kappa shape index (κ2) is 5.99. The molecule has 0 spiro atoms. The van der Waals surface area contributed by atoms with E-state index < -0.39 is 8.56 Å². The molecule has 1 saturated heterocycles. The van der Waals surface area contributed by atoms with Gasteiger partial charge < -0.3 is 13.6 Å². The van der Waals surface area contributed by atoms with Crippen LogP contribution >= 0.6 is 0 Å². The minimum Gasteiger partial charge on any atom is -0.394 e. The van der Waals surface area contributed by atoms with E-state index in [9.17, 15) is 0 Å². The summed E-state index contributed by atoms with van der Waals surface area (Å²) in [6, 6.07) is 0. The maximum atomic E-state index is 5.91. The van der Waals surface area contributed by atoms with E-state index in [4.69, 9.17) is 13.6 Å². The number of rotatable bonds is 8. The zero-order valence-electron chi connectivity index (χ0n) is 10.4. The summed E-state index contributed by atoms with van der Waals surface area (Å²) >= 11 is 0. The summed E-state index contributed by atoms with van der Waals surface area (Å²) in [6.07, 6.45) is 2.71. The lowest BCUT2D eigenvalue weighted by atomic mass is 10.2.